The average Bonchev–Trinajstić information content (AvgIpc) is 2.92. The number of rotatable bonds is 7. The largest absolute Gasteiger partial charge is 0.312 e. The third-order valence-corrected chi connectivity index (χ3v) is 5.36. The van der Waals surface area contributed by atoms with Gasteiger partial charge in [0, 0.05) is 24.7 Å². The van der Waals surface area contributed by atoms with Gasteiger partial charge in [0.15, 0.2) is 0 Å². The molecule has 0 aromatic heterocycles. The Morgan fingerprint density at radius 3 is 2.65 bits per heavy atom. The van der Waals surface area contributed by atoms with Crippen molar-refractivity contribution in [1.29, 1.82) is 0 Å². The van der Waals surface area contributed by atoms with Crippen molar-refractivity contribution in [3.8, 4) is 0 Å². The van der Waals surface area contributed by atoms with Crippen molar-refractivity contribution < 1.29 is 0 Å². The molecule has 1 heterocycles. The minimum absolute atomic E-state index is 0.727. The van der Waals surface area contributed by atoms with Gasteiger partial charge in [-0.25, -0.2) is 0 Å². The Labute approximate surface area is 126 Å². The van der Waals surface area contributed by atoms with Gasteiger partial charge in [0.25, 0.3) is 0 Å². The first-order chi connectivity index (χ1) is 9.76. The summed E-state index contributed by atoms with van der Waals surface area (Å²) in [4.78, 5) is 5.35. The first-order valence-electron chi connectivity index (χ1n) is 8.94. The summed E-state index contributed by atoms with van der Waals surface area (Å²) in [5.41, 5.74) is 0. The van der Waals surface area contributed by atoms with E-state index < -0.39 is 0 Å². The van der Waals surface area contributed by atoms with Crippen LogP contribution in [0.15, 0.2) is 0 Å². The van der Waals surface area contributed by atoms with Crippen LogP contribution in [0.3, 0.4) is 0 Å². The highest BCUT2D eigenvalue weighted by molar-refractivity contribution is 4.90. The molecule has 2 rings (SSSR count). The highest BCUT2D eigenvalue weighted by atomic mass is 15.2. The third kappa shape index (κ3) is 4.19. The Morgan fingerprint density at radius 1 is 1.10 bits per heavy atom. The maximum Gasteiger partial charge on any atom is 0.0246 e. The van der Waals surface area contributed by atoms with Crippen molar-refractivity contribution in [1.82, 2.24) is 15.1 Å². The van der Waals surface area contributed by atoms with E-state index in [1.807, 2.05) is 0 Å². The van der Waals surface area contributed by atoms with Crippen molar-refractivity contribution in [3.63, 3.8) is 0 Å². The van der Waals surface area contributed by atoms with Crippen LogP contribution in [0.2, 0.25) is 0 Å². The van der Waals surface area contributed by atoms with Gasteiger partial charge in [-0.15, -0.1) is 0 Å². The van der Waals surface area contributed by atoms with E-state index in [1.165, 1.54) is 71.1 Å². The Balaban J connectivity index is 1.86. The van der Waals surface area contributed by atoms with Crippen molar-refractivity contribution in [3.05, 3.63) is 0 Å². The van der Waals surface area contributed by atoms with E-state index in [-0.39, 0.29) is 0 Å². The second kappa shape index (κ2) is 8.35. The fourth-order valence-electron chi connectivity index (χ4n) is 4.19. The molecule has 2 aliphatic rings. The van der Waals surface area contributed by atoms with Gasteiger partial charge >= 0.3 is 0 Å². The lowest BCUT2D eigenvalue weighted by Crippen LogP contribution is -2.53. The standard InChI is InChI=1S/C17H35N3/c1-4-12-18-16-10-6-7-11-17(16)19(3)14-15-9-8-13-20(15)5-2/h15-18H,4-14H2,1-3H3. The van der Waals surface area contributed by atoms with Gasteiger partial charge < -0.3 is 10.2 Å². The average molecular weight is 281 g/mol. The minimum Gasteiger partial charge on any atom is -0.312 e. The van der Waals surface area contributed by atoms with Crippen molar-refractivity contribution >= 4 is 0 Å². The van der Waals surface area contributed by atoms with Gasteiger partial charge in [-0.3, -0.25) is 4.90 Å². The van der Waals surface area contributed by atoms with Gasteiger partial charge in [0.05, 0.1) is 0 Å². The summed E-state index contributed by atoms with van der Waals surface area (Å²) in [6, 6.07) is 2.29. The van der Waals surface area contributed by atoms with Crippen molar-refractivity contribution in [2.45, 2.75) is 76.9 Å². The monoisotopic (exact) mass is 281 g/mol. The Bertz CT molecular complexity index is 269. The number of nitrogens with zero attached hydrogens (tertiary/aromatic N) is 2. The highest BCUT2D eigenvalue weighted by Crippen LogP contribution is 2.25. The molecule has 1 saturated heterocycles. The molecule has 0 aromatic carbocycles. The topological polar surface area (TPSA) is 18.5 Å². The van der Waals surface area contributed by atoms with Gasteiger partial charge in [0.1, 0.15) is 0 Å². The van der Waals surface area contributed by atoms with Crippen LogP contribution in [-0.2, 0) is 0 Å². The number of hydrogen-bond donors (Lipinski definition) is 1. The highest BCUT2D eigenvalue weighted by Gasteiger charge is 2.31. The smallest absolute Gasteiger partial charge is 0.0246 e. The van der Waals surface area contributed by atoms with Crippen LogP contribution in [-0.4, -0.2) is 61.2 Å². The summed E-state index contributed by atoms with van der Waals surface area (Å²) in [6.45, 7) is 9.57. The lowest BCUT2D eigenvalue weighted by atomic mass is 9.89. The molecular weight excluding hydrogens is 246 g/mol. The fourth-order valence-corrected chi connectivity index (χ4v) is 4.19. The van der Waals surface area contributed by atoms with Gasteiger partial charge in [-0.1, -0.05) is 26.7 Å². The third-order valence-electron chi connectivity index (χ3n) is 5.36. The van der Waals surface area contributed by atoms with Gasteiger partial charge in [0.2, 0.25) is 0 Å². The zero-order valence-electron chi connectivity index (χ0n) is 13.9. The van der Waals surface area contributed by atoms with E-state index >= 15 is 0 Å². The predicted octanol–water partition coefficient (Wildman–Crippen LogP) is 2.71. The summed E-state index contributed by atoms with van der Waals surface area (Å²) in [7, 11) is 2.36. The van der Waals surface area contributed by atoms with Crippen LogP contribution in [0.4, 0.5) is 0 Å². The molecular formula is C17H35N3. The summed E-state index contributed by atoms with van der Waals surface area (Å²) in [6.07, 6.45) is 9.64. The molecule has 0 bridgehead atoms. The number of nitrogens with one attached hydrogen (secondary N) is 1. The van der Waals surface area contributed by atoms with Crippen molar-refractivity contribution in [2.24, 2.45) is 0 Å². The van der Waals surface area contributed by atoms with Gasteiger partial charge in [-0.05, 0) is 58.8 Å². The quantitative estimate of drug-likeness (QED) is 0.774. The molecule has 1 N–H and O–H groups in total. The Kier molecular flexibility index (Phi) is 6.79. The number of likely N-dealkylation sites (tertiary alicyclic amines) is 1. The van der Waals surface area contributed by atoms with E-state index in [4.69, 9.17) is 0 Å². The first-order valence-corrected chi connectivity index (χ1v) is 8.94. The molecule has 0 spiro atoms. The van der Waals surface area contributed by atoms with Crippen LogP contribution < -0.4 is 5.32 Å². The zero-order chi connectivity index (χ0) is 14.4. The van der Waals surface area contributed by atoms with Crippen LogP contribution in [0.1, 0.15) is 58.8 Å². The molecule has 0 amide bonds. The van der Waals surface area contributed by atoms with Crippen LogP contribution in [0.25, 0.3) is 0 Å². The van der Waals surface area contributed by atoms with Crippen molar-refractivity contribution in [2.75, 3.05) is 33.2 Å². The molecule has 2 fully saturated rings. The SMILES string of the molecule is CCCNC1CCCCC1N(C)CC1CCCN1CC. The normalized spacial score (nSPS) is 32.1. The first kappa shape index (κ1) is 16.3. The molecule has 3 unspecified atom stereocenters. The maximum absolute atomic E-state index is 3.80. The lowest BCUT2D eigenvalue weighted by Gasteiger charge is -2.40. The van der Waals surface area contributed by atoms with Crippen LogP contribution in [0, 0.1) is 0 Å². The summed E-state index contributed by atoms with van der Waals surface area (Å²) in [5.74, 6) is 0. The molecule has 0 radical (unpaired) electrons. The zero-order valence-corrected chi connectivity index (χ0v) is 13.9. The molecule has 3 nitrogen and oxygen atoms in total. The van der Waals surface area contributed by atoms with Crippen LogP contribution >= 0.6 is 0 Å². The summed E-state index contributed by atoms with van der Waals surface area (Å²) in [5, 5.41) is 3.80. The van der Waals surface area contributed by atoms with E-state index in [9.17, 15) is 0 Å². The fraction of sp³-hybridized carbons (Fsp3) is 1.00. The number of hydrogen-bond acceptors (Lipinski definition) is 3. The van der Waals surface area contributed by atoms with E-state index in [2.05, 4.69) is 36.0 Å². The Morgan fingerprint density at radius 2 is 1.90 bits per heavy atom. The lowest BCUT2D eigenvalue weighted by molar-refractivity contribution is 0.114. The predicted molar refractivity (Wildman–Crippen MR) is 87.2 cm³/mol. The van der Waals surface area contributed by atoms with E-state index in [0.717, 1.165) is 18.1 Å². The molecule has 1 aliphatic carbocycles. The van der Waals surface area contributed by atoms with Crippen LogP contribution in [0.5, 0.6) is 0 Å². The molecule has 20 heavy (non-hydrogen) atoms. The number of likely N-dealkylation sites (N-methyl/N-ethyl adjacent to an activating group) is 2. The molecule has 0 aromatic rings. The molecule has 3 heteroatoms. The second-order valence-corrected chi connectivity index (χ2v) is 6.78. The summed E-state index contributed by atoms with van der Waals surface area (Å²) >= 11 is 0. The van der Waals surface area contributed by atoms with E-state index in [0.29, 0.717) is 0 Å². The molecule has 118 valence electrons. The summed E-state index contributed by atoms with van der Waals surface area (Å²) < 4.78 is 0. The molecule has 1 aliphatic heterocycles. The molecule has 1 saturated carbocycles. The Hall–Kier alpha value is -0.120. The molecule has 3 atom stereocenters. The maximum atomic E-state index is 3.80. The second-order valence-electron chi connectivity index (χ2n) is 6.78. The minimum atomic E-state index is 0.727. The van der Waals surface area contributed by atoms with Gasteiger partial charge in [-0.2, -0.15) is 0 Å². The van der Waals surface area contributed by atoms with E-state index in [1.54, 1.807) is 0 Å².